The Hall–Kier alpha value is -2.64. The largest absolute Gasteiger partial charge is 0.469 e. The molecule has 0 aliphatic carbocycles. The first-order chi connectivity index (χ1) is 16.5. The number of likely N-dealkylation sites (N-methyl/N-ethyl adjacent to an activating group) is 1. The Kier molecular flexibility index (Phi) is 8.06. The van der Waals surface area contributed by atoms with E-state index in [9.17, 15) is 9.59 Å². The second-order valence-electron chi connectivity index (χ2n) is 9.55. The number of hydrogen-bond acceptors (Lipinski definition) is 5. The van der Waals surface area contributed by atoms with Gasteiger partial charge in [0.2, 0.25) is 5.91 Å². The third kappa shape index (κ3) is 5.53. The highest BCUT2D eigenvalue weighted by atomic mass is 16.5. The van der Waals surface area contributed by atoms with E-state index in [4.69, 9.17) is 9.15 Å². The van der Waals surface area contributed by atoms with Crippen molar-refractivity contribution >= 4 is 11.8 Å². The minimum absolute atomic E-state index is 0.00775. The van der Waals surface area contributed by atoms with Gasteiger partial charge in [-0.3, -0.25) is 14.5 Å². The van der Waals surface area contributed by atoms with E-state index in [0.29, 0.717) is 30.5 Å². The van der Waals surface area contributed by atoms with Crippen molar-refractivity contribution in [2.24, 2.45) is 5.92 Å². The molecule has 2 aromatic rings. The lowest BCUT2D eigenvalue weighted by molar-refractivity contribution is -0.139. The normalized spacial score (nSPS) is 19.6. The van der Waals surface area contributed by atoms with Gasteiger partial charge in [-0.2, -0.15) is 0 Å². The molecule has 1 aromatic heterocycles. The number of ether oxygens (including phenoxy) is 1. The summed E-state index contributed by atoms with van der Waals surface area (Å²) in [5, 5.41) is 0. The zero-order valence-corrected chi connectivity index (χ0v) is 20.6. The predicted molar refractivity (Wildman–Crippen MR) is 131 cm³/mol. The van der Waals surface area contributed by atoms with E-state index in [1.165, 1.54) is 5.56 Å². The minimum Gasteiger partial charge on any atom is -0.469 e. The molecule has 34 heavy (non-hydrogen) atoms. The van der Waals surface area contributed by atoms with Crippen LogP contribution in [0.4, 0.5) is 0 Å². The van der Waals surface area contributed by atoms with Crippen molar-refractivity contribution in [1.82, 2.24) is 14.7 Å². The van der Waals surface area contributed by atoms with Crippen LogP contribution in [0.2, 0.25) is 0 Å². The van der Waals surface area contributed by atoms with Gasteiger partial charge < -0.3 is 19.0 Å². The molecule has 2 amide bonds. The van der Waals surface area contributed by atoms with Crippen LogP contribution in [0.5, 0.6) is 0 Å². The van der Waals surface area contributed by atoms with E-state index in [0.717, 1.165) is 45.4 Å². The number of carbonyl (C=O) groups excluding carboxylic acids is 2. The van der Waals surface area contributed by atoms with Gasteiger partial charge in [0.15, 0.2) is 0 Å². The van der Waals surface area contributed by atoms with Crippen molar-refractivity contribution in [2.75, 3.05) is 46.4 Å². The molecule has 1 aromatic carbocycles. The number of morpholine rings is 1. The molecule has 0 saturated carbocycles. The third-order valence-electron chi connectivity index (χ3n) is 7.54. The van der Waals surface area contributed by atoms with E-state index in [2.05, 4.69) is 17.0 Å². The number of benzene rings is 1. The van der Waals surface area contributed by atoms with Gasteiger partial charge >= 0.3 is 0 Å². The fourth-order valence-electron chi connectivity index (χ4n) is 5.31. The number of rotatable bonds is 7. The molecule has 0 bridgehead atoms. The Morgan fingerprint density at radius 1 is 1.06 bits per heavy atom. The molecule has 184 valence electrons. The molecule has 2 saturated heterocycles. The molecular weight excluding hydrogens is 430 g/mol. The van der Waals surface area contributed by atoms with Crippen LogP contribution in [0.15, 0.2) is 47.1 Å². The molecule has 0 radical (unpaired) electrons. The highest BCUT2D eigenvalue weighted by molar-refractivity contribution is 5.95. The second kappa shape index (κ2) is 11.2. The van der Waals surface area contributed by atoms with Crippen molar-refractivity contribution in [3.63, 3.8) is 0 Å². The molecule has 2 atom stereocenters. The molecule has 2 aliphatic heterocycles. The number of likely N-dealkylation sites (tertiary alicyclic amines) is 1. The lowest BCUT2D eigenvalue weighted by Crippen LogP contribution is -2.54. The van der Waals surface area contributed by atoms with E-state index in [-0.39, 0.29) is 23.9 Å². The highest BCUT2D eigenvalue weighted by Gasteiger charge is 2.35. The van der Waals surface area contributed by atoms with Crippen LogP contribution in [-0.4, -0.2) is 85.0 Å². The van der Waals surface area contributed by atoms with Crippen LogP contribution in [0.25, 0.3) is 0 Å². The predicted octanol–water partition coefficient (Wildman–Crippen LogP) is 3.23. The molecule has 4 rings (SSSR count). The first-order valence-electron chi connectivity index (χ1n) is 12.4. The van der Waals surface area contributed by atoms with Gasteiger partial charge in [0.1, 0.15) is 5.76 Å². The maximum atomic E-state index is 13.3. The number of piperidine rings is 1. The number of amides is 2. The third-order valence-corrected chi connectivity index (χ3v) is 7.54. The molecule has 7 nitrogen and oxygen atoms in total. The molecule has 7 heteroatoms. The first kappa shape index (κ1) is 24.5. The summed E-state index contributed by atoms with van der Waals surface area (Å²) in [4.78, 5) is 32.6. The lowest BCUT2D eigenvalue weighted by atomic mass is 9.84. The number of aryl methyl sites for hydroxylation is 1. The number of carbonyl (C=O) groups is 2. The van der Waals surface area contributed by atoms with Crippen molar-refractivity contribution < 1.29 is 18.7 Å². The van der Waals surface area contributed by atoms with Gasteiger partial charge in [-0.1, -0.05) is 30.3 Å². The monoisotopic (exact) mass is 467 g/mol. The highest BCUT2D eigenvalue weighted by Crippen LogP contribution is 2.28. The summed E-state index contributed by atoms with van der Waals surface area (Å²) in [6.07, 6.45) is 4.15. The summed E-state index contributed by atoms with van der Waals surface area (Å²) in [5.41, 5.74) is 1.84. The molecule has 0 N–H and O–H groups in total. The SMILES string of the molecule is Cc1occc1C(=O)N(C)[C@@H](Cc1ccccc1)C1CCN(C(=O)[C@@H](C)N2CCOCC2)CC1. The lowest BCUT2D eigenvalue weighted by Gasteiger charge is -2.42. The summed E-state index contributed by atoms with van der Waals surface area (Å²) in [7, 11) is 1.90. The van der Waals surface area contributed by atoms with E-state index in [1.54, 1.807) is 12.3 Å². The van der Waals surface area contributed by atoms with E-state index in [1.807, 2.05) is 48.9 Å². The summed E-state index contributed by atoms with van der Waals surface area (Å²) in [6, 6.07) is 12.0. The fourth-order valence-corrected chi connectivity index (χ4v) is 5.31. The summed E-state index contributed by atoms with van der Waals surface area (Å²) in [5.74, 6) is 1.17. The van der Waals surface area contributed by atoms with Crippen LogP contribution in [-0.2, 0) is 16.0 Å². The van der Waals surface area contributed by atoms with Crippen molar-refractivity contribution in [3.05, 3.63) is 59.5 Å². The van der Waals surface area contributed by atoms with Crippen molar-refractivity contribution in [2.45, 2.75) is 45.2 Å². The maximum Gasteiger partial charge on any atom is 0.257 e. The topological polar surface area (TPSA) is 66.2 Å². The zero-order chi connectivity index (χ0) is 24.1. The maximum absolute atomic E-state index is 13.3. The van der Waals surface area contributed by atoms with E-state index < -0.39 is 0 Å². The van der Waals surface area contributed by atoms with Crippen LogP contribution in [0, 0.1) is 12.8 Å². The fraction of sp³-hybridized carbons (Fsp3) is 0.556. The molecule has 0 unspecified atom stereocenters. The van der Waals surface area contributed by atoms with Crippen molar-refractivity contribution in [1.29, 1.82) is 0 Å². The van der Waals surface area contributed by atoms with Crippen LogP contribution < -0.4 is 0 Å². The summed E-state index contributed by atoms with van der Waals surface area (Å²) in [6.45, 7) is 8.30. The second-order valence-corrected chi connectivity index (χ2v) is 9.55. The van der Waals surface area contributed by atoms with Gasteiger partial charge in [-0.25, -0.2) is 0 Å². The molecule has 3 heterocycles. The van der Waals surface area contributed by atoms with Crippen molar-refractivity contribution in [3.8, 4) is 0 Å². The Labute approximate surface area is 202 Å². The van der Waals surface area contributed by atoms with Gasteiger partial charge in [-0.05, 0) is 50.7 Å². The van der Waals surface area contributed by atoms with Gasteiger partial charge in [0, 0.05) is 39.3 Å². The Morgan fingerprint density at radius 3 is 2.35 bits per heavy atom. The molecular formula is C27H37N3O4. The Morgan fingerprint density at radius 2 is 1.74 bits per heavy atom. The minimum atomic E-state index is -0.117. The summed E-state index contributed by atoms with van der Waals surface area (Å²) < 4.78 is 10.8. The number of hydrogen-bond donors (Lipinski definition) is 0. The quantitative estimate of drug-likeness (QED) is 0.626. The number of nitrogens with zero attached hydrogens (tertiary/aromatic N) is 3. The van der Waals surface area contributed by atoms with Gasteiger partial charge in [0.05, 0.1) is 31.1 Å². The smallest absolute Gasteiger partial charge is 0.257 e. The van der Waals surface area contributed by atoms with E-state index >= 15 is 0 Å². The average molecular weight is 468 g/mol. The van der Waals surface area contributed by atoms with Gasteiger partial charge in [0.25, 0.3) is 5.91 Å². The van der Waals surface area contributed by atoms with Crippen LogP contribution in [0.3, 0.4) is 0 Å². The van der Waals surface area contributed by atoms with Crippen LogP contribution >= 0.6 is 0 Å². The molecule has 2 aliphatic rings. The average Bonchev–Trinajstić information content (AvgIpc) is 3.32. The molecule has 0 spiro atoms. The summed E-state index contributed by atoms with van der Waals surface area (Å²) >= 11 is 0. The van der Waals surface area contributed by atoms with Crippen LogP contribution in [0.1, 0.15) is 41.4 Å². The number of furan rings is 1. The Balaban J connectivity index is 1.44. The first-order valence-corrected chi connectivity index (χ1v) is 12.4. The molecule has 2 fully saturated rings. The zero-order valence-electron chi connectivity index (χ0n) is 20.6. The Bertz CT molecular complexity index is 946. The standard InChI is InChI=1S/C27H37N3O4/c1-20(29-14-17-33-18-15-29)26(31)30-12-9-23(10-13-30)25(19-22-7-5-4-6-8-22)28(3)27(32)24-11-16-34-21(24)2/h4-8,11,16,20,23,25H,9-10,12-15,17-19H2,1-3H3/t20-,25+/m1/s1. The van der Waals surface area contributed by atoms with Gasteiger partial charge in [-0.15, -0.1) is 0 Å².